The Hall–Kier alpha value is -3.77. The van der Waals surface area contributed by atoms with E-state index < -0.39 is 17.3 Å². The molecule has 6 heteroatoms. The van der Waals surface area contributed by atoms with Gasteiger partial charge in [-0.05, 0) is 41.7 Å². The van der Waals surface area contributed by atoms with Crippen LogP contribution in [-0.2, 0) is 19.9 Å². The maximum Gasteiger partial charge on any atom is 0.339 e. The fourth-order valence-corrected chi connectivity index (χ4v) is 5.72. The number of allylic oxidation sites excluding steroid dienone is 3. The molecule has 0 saturated carbocycles. The van der Waals surface area contributed by atoms with Crippen LogP contribution in [0.3, 0.4) is 0 Å². The zero-order valence-corrected chi connectivity index (χ0v) is 23.3. The first kappa shape index (κ1) is 29.2. The van der Waals surface area contributed by atoms with Crippen molar-refractivity contribution >= 4 is 29.4 Å². The number of carbonyl (C=O) groups excluding carboxylic acids is 1. The fourth-order valence-electron chi connectivity index (χ4n) is 5.53. The molecule has 5 nitrogen and oxygen atoms in total. The van der Waals surface area contributed by atoms with Gasteiger partial charge >= 0.3 is 5.97 Å². The second-order valence-electron chi connectivity index (χ2n) is 9.77. The number of rotatable bonds is 13. The number of Topliss-reactive ketones (excluding diaryl/α,β-unsaturated/α-hetero) is 1. The predicted molar refractivity (Wildman–Crippen MR) is 160 cm³/mol. The van der Waals surface area contributed by atoms with Crippen molar-refractivity contribution < 1.29 is 19.4 Å². The summed E-state index contributed by atoms with van der Waals surface area (Å²) < 4.78 is 5.73. The molecule has 2 N–H and O–H groups in total. The minimum absolute atomic E-state index is 0.214. The van der Waals surface area contributed by atoms with Crippen LogP contribution in [0.15, 0.2) is 115 Å². The minimum atomic E-state index is -1.32. The van der Waals surface area contributed by atoms with Crippen molar-refractivity contribution in [3.05, 3.63) is 137 Å². The third kappa shape index (κ3) is 6.18. The van der Waals surface area contributed by atoms with Gasteiger partial charge in [0.1, 0.15) is 12.2 Å². The molecule has 0 fully saturated rings. The molecule has 1 aliphatic carbocycles. The standard InChI is InChI=1S/C34H34ClNO4/c1-2-33(20-12-5-13-21-33)34(27-15-6-3-7-16-27,28-17-8-4-9-18-28)36-22-23-40-25-31(37)29(32(38)39)24-26-14-10-11-19-30(26)35/h3-20,24,36H,2,21-23,25H2,1H3,(H,38,39). The first-order valence-corrected chi connectivity index (χ1v) is 13.8. The van der Waals surface area contributed by atoms with Crippen molar-refractivity contribution in [3.63, 3.8) is 0 Å². The summed E-state index contributed by atoms with van der Waals surface area (Å²) in [5.74, 6) is -1.93. The van der Waals surface area contributed by atoms with E-state index in [0.717, 1.165) is 24.0 Å². The largest absolute Gasteiger partial charge is 0.478 e. The number of nitrogens with one attached hydrogen (secondary N) is 1. The Morgan fingerprint density at radius 2 is 1.60 bits per heavy atom. The number of carbonyl (C=O) groups is 2. The van der Waals surface area contributed by atoms with Crippen LogP contribution in [0, 0.1) is 5.41 Å². The molecule has 1 atom stereocenters. The van der Waals surface area contributed by atoms with Gasteiger partial charge in [0, 0.05) is 17.0 Å². The first-order valence-electron chi connectivity index (χ1n) is 13.4. The quantitative estimate of drug-likeness (QED) is 0.104. The zero-order valence-electron chi connectivity index (χ0n) is 22.6. The average Bonchev–Trinajstić information content (AvgIpc) is 2.99. The number of benzene rings is 3. The molecule has 3 aromatic carbocycles. The molecule has 0 aliphatic heterocycles. The molecule has 0 spiro atoms. The van der Waals surface area contributed by atoms with Gasteiger partial charge in [0.15, 0.2) is 5.78 Å². The Kier molecular flexibility index (Phi) is 9.88. The summed E-state index contributed by atoms with van der Waals surface area (Å²) in [6.07, 6.45) is 11.7. The van der Waals surface area contributed by atoms with E-state index in [1.165, 1.54) is 6.08 Å². The Bertz CT molecular complexity index is 1360. The van der Waals surface area contributed by atoms with Crippen LogP contribution in [0.5, 0.6) is 0 Å². The second-order valence-corrected chi connectivity index (χ2v) is 10.2. The van der Waals surface area contributed by atoms with E-state index in [9.17, 15) is 14.7 Å². The molecule has 1 unspecified atom stereocenters. The zero-order chi connectivity index (χ0) is 28.4. The van der Waals surface area contributed by atoms with Gasteiger partial charge in [-0.3, -0.25) is 4.79 Å². The first-order chi connectivity index (χ1) is 19.4. The van der Waals surface area contributed by atoms with Gasteiger partial charge in [-0.25, -0.2) is 4.79 Å². The molecule has 3 aromatic rings. The molecule has 0 aromatic heterocycles. The fraction of sp³-hybridized carbons (Fsp3) is 0.235. The van der Waals surface area contributed by atoms with Crippen LogP contribution in [0.25, 0.3) is 6.08 Å². The number of carboxylic acids is 1. The lowest BCUT2D eigenvalue weighted by Gasteiger charge is -2.51. The highest BCUT2D eigenvalue weighted by atomic mass is 35.5. The molecule has 4 rings (SSSR count). The summed E-state index contributed by atoms with van der Waals surface area (Å²) in [6.45, 7) is 2.51. The molecule has 40 heavy (non-hydrogen) atoms. The summed E-state index contributed by atoms with van der Waals surface area (Å²) in [5.41, 5.74) is 1.54. The SMILES string of the molecule is CCC1(C(NCCOCC(=O)C(=Cc2ccccc2Cl)C(=O)O)(c2ccccc2)c2ccccc2)C=CC=CC1. The molecule has 0 bridgehead atoms. The Balaban J connectivity index is 1.56. The summed E-state index contributed by atoms with van der Waals surface area (Å²) in [6, 6.07) is 27.6. The molecular weight excluding hydrogens is 522 g/mol. The van der Waals surface area contributed by atoms with Gasteiger partial charge in [0.05, 0.1) is 12.1 Å². The van der Waals surface area contributed by atoms with E-state index in [-0.39, 0.29) is 24.2 Å². The van der Waals surface area contributed by atoms with Crippen LogP contribution in [-0.4, -0.2) is 36.6 Å². The normalized spacial score (nSPS) is 17.1. The Labute approximate surface area is 240 Å². The van der Waals surface area contributed by atoms with Crippen LogP contribution < -0.4 is 5.32 Å². The van der Waals surface area contributed by atoms with E-state index in [1.807, 2.05) is 36.4 Å². The molecular formula is C34H34ClNO4. The highest BCUT2D eigenvalue weighted by Crippen LogP contribution is 2.52. The number of hydrogen-bond acceptors (Lipinski definition) is 4. The van der Waals surface area contributed by atoms with E-state index in [1.54, 1.807) is 24.3 Å². The third-order valence-electron chi connectivity index (χ3n) is 7.54. The third-order valence-corrected chi connectivity index (χ3v) is 7.89. The average molecular weight is 556 g/mol. The Morgan fingerprint density at radius 3 is 2.15 bits per heavy atom. The highest BCUT2D eigenvalue weighted by Gasteiger charge is 2.50. The lowest BCUT2D eigenvalue weighted by molar-refractivity contribution is -0.135. The number of aliphatic carboxylic acids is 1. The molecule has 0 heterocycles. The highest BCUT2D eigenvalue weighted by molar-refractivity contribution is 6.32. The monoisotopic (exact) mass is 555 g/mol. The van der Waals surface area contributed by atoms with Crippen LogP contribution in [0.1, 0.15) is 36.5 Å². The summed E-state index contributed by atoms with van der Waals surface area (Å²) in [7, 11) is 0. The molecule has 206 valence electrons. The van der Waals surface area contributed by atoms with Crippen molar-refractivity contribution in [1.29, 1.82) is 0 Å². The summed E-state index contributed by atoms with van der Waals surface area (Å²) in [5, 5.41) is 13.8. The van der Waals surface area contributed by atoms with Crippen molar-refractivity contribution in [1.82, 2.24) is 5.32 Å². The topological polar surface area (TPSA) is 75.6 Å². The number of ether oxygens (including phenoxy) is 1. The molecule has 0 amide bonds. The van der Waals surface area contributed by atoms with Gasteiger partial charge in [-0.2, -0.15) is 0 Å². The molecule has 0 radical (unpaired) electrons. The minimum Gasteiger partial charge on any atom is -0.478 e. The van der Waals surface area contributed by atoms with Crippen LogP contribution in [0.4, 0.5) is 0 Å². The second kappa shape index (κ2) is 13.5. The maximum atomic E-state index is 12.8. The van der Waals surface area contributed by atoms with Gasteiger partial charge in [0.25, 0.3) is 0 Å². The summed E-state index contributed by atoms with van der Waals surface area (Å²) in [4.78, 5) is 24.6. The Morgan fingerprint density at radius 1 is 0.975 bits per heavy atom. The van der Waals surface area contributed by atoms with Gasteiger partial charge in [-0.15, -0.1) is 0 Å². The van der Waals surface area contributed by atoms with Gasteiger partial charge < -0.3 is 15.2 Å². The van der Waals surface area contributed by atoms with Gasteiger partial charge in [0.2, 0.25) is 0 Å². The van der Waals surface area contributed by atoms with Crippen LogP contribution >= 0.6 is 11.6 Å². The number of ketones is 1. The number of carboxylic acid groups (broad SMARTS) is 1. The number of hydrogen-bond donors (Lipinski definition) is 2. The van der Waals surface area contributed by atoms with Crippen molar-refractivity contribution in [2.75, 3.05) is 19.8 Å². The molecule has 0 saturated heterocycles. The van der Waals surface area contributed by atoms with E-state index in [2.05, 4.69) is 60.8 Å². The molecule has 1 aliphatic rings. The number of halogens is 1. The van der Waals surface area contributed by atoms with Gasteiger partial charge in [-0.1, -0.05) is 122 Å². The lowest BCUT2D eigenvalue weighted by atomic mass is 9.58. The van der Waals surface area contributed by atoms with E-state index >= 15 is 0 Å². The van der Waals surface area contributed by atoms with Crippen molar-refractivity contribution in [3.8, 4) is 0 Å². The van der Waals surface area contributed by atoms with Crippen molar-refractivity contribution in [2.45, 2.75) is 25.3 Å². The predicted octanol–water partition coefficient (Wildman–Crippen LogP) is 6.84. The van der Waals surface area contributed by atoms with E-state index in [0.29, 0.717) is 17.1 Å². The lowest BCUT2D eigenvalue weighted by Crippen LogP contribution is -2.56. The van der Waals surface area contributed by atoms with E-state index in [4.69, 9.17) is 16.3 Å². The van der Waals surface area contributed by atoms with Crippen LogP contribution in [0.2, 0.25) is 5.02 Å². The summed E-state index contributed by atoms with van der Waals surface area (Å²) >= 11 is 6.16. The smallest absolute Gasteiger partial charge is 0.339 e. The maximum absolute atomic E-state index is 12.8. The van der Waals surface area contributed by atoms with Crippen molar-refractivity contribution in [2.24, 2.45) is 5.41 Å².